The number of allylic oxidation sites excluding steroid dienone is 1. The lowest BCUT2D eigenvalue weighted by Gasteiger charge is -2.43. The van der Waals surface area contributed by atoms with E-state index < -0.39 is 0 Å². The Morgan fingerprint density at radius 1 is 1.09 bits per heavy atom. The fraction of sp³-hybridized carbons (Fsp3) is 0.481. The number of rotatable bonds is 9. The standard InChI is InChI=1S/C27H36N2O4/c1-21(2)12-15-32-19-23(28-13-16-31-17-14-28)18-29-25-6-4-5-7-27(25)33-20-26(29)22-8-10-24(30-3)11-9-22/h4-12,23,26H,13-20H2,1-3H3. The number of anilines is 1. The van der Waals surface area contributed by atoms with Crippen molar-refractivity contribution in [3.8, 4) is 11.5 Å². The first kappa shape index (κ1) is 23.6. The molecule has 2 aromatic carbocycles. The van der Waals surface area contributed by atoms with Crippen LogP contribution in [0.3, 0.4) is 0 Å². The molecule has 4 rings (SSSR count). The van der Waals surface area contributed by atoms with Gasteiger partial charge in [0.2, 0.25) is 0 Å². The van der Waals surface area contributed by atoms with Crippen LogP contribution in [0.5, 0.6) is 11.5 Å². The SMILES string of the molecule is COc1ccc(C2COc3ccccc3N2CC(COCC=C(C)C)N2CCOCC2)cc1. The van der Waals surface area contributed by atoms with Crippen molar-refractivity contribution >= 4 is 5.69 Å². The number of ether oxygens (including phenoxy) is 4. The van der Waals surface area contributed by atoms with Gasteiger partial charge >= 0.3 is 0 Å². The number of methoxy groups -OCH3 is 1. The molecule has 0 radical (unpaired) electrons. The molecule has 6 nitrogen and oxygen atoms in total. The largest absolute Gasteiger partial charge is 0.497 e. The molecular weight excluding hydrogens is 416 g/mol. The fourth-order valence-electron chi connectivity index (χ4n) is 4.44. The predicted molar refractivity (Wildman–Crippen MR) is 131 cm³/mol. The van der Waals surface area contributed by atoms with Gasteiger partial charge < -0.3 is 23.8 Å². The average Bonchev–Trinajstić information content (AvgIpc) is 2.86. The number of hydrogen-bond acceptors (Lipinski definition) is 6. The monoisotopic (exact) mass is 452 g/mol. The number of fused-ring (bicyclic) bond motifs is 1. The Morgan fingerprint density at radius 3 is 2.58 bits per heavy atom. The maximum absolute atomic E-state index is 6.18. The van der Waals surface area contributed by atoms with Gasteiger partial charge in [-0.1, -0.05) is 35.9 Å². The number of morpholine rings is 1. The van der Waals surface area contributed by atoms with E-state index in [0.29, 0.717) is 19.8 Å². The van der Waals surface area contributed by atoms with E-state index >= 15 is 0 Å². The summed E-state index contributed by atoms with van der Waals surface area (Å²) in [5, 5.41) is 0. The summed E-state index contributed by atoms with van der Waals surface area (Å²) in [6, 6.07) is 17.0. The van der Waals surface area contributed by atoms with E-state index in [1.807, 2.05) is 18.2 Å². The van der Waals surface area contributed by atoms with Crippen LogP contribution in [-0.4, -0.2) is 70.7 Å². The molecule has 0 amide bonds. The molecule has 2 atom stereocenters. The summed E-state index contributed by atoms with van der Waals surface area (Å²) >= 11 is 0. The van der Waals surface area contributed by atoms with Gasteiger partial charge in [0.15, 0.2) is 0 Å². The molecule has 0 spiro atoms. The van der Waals surface area contributed by atoms with Crippen molar-refractivity contribution in [2.24, 2.45) is 0 Å². The molecular formula is C27H36N2O4. The molecule has 0 saturated carbocycles. The Hall–Kier alpha value is -2.54. The highest BCUT2D eigenvalue weighted by molar-refractivity contribution is 5.61. The lowest BCUT2D eigenvalue weighted by Crippen LogP contribution is -2.52. The minimum Gasteiger partial charge on any atom is -0.497 e. The van der Waals surface area contributed by atoms with Crippen molar-refractivity contribution in [1.82, 2.24) is 4.90 Å². The minimum atomic E-state index is 0.118. The molecule has 1 fully saturated rings. The van der Waals surface area contributed by atoms with Gasteiger partial charge in [-0.3, -0.25) is 4.90 Å². The maximum atomic E-state index is 6.18. The highest BCUT2D eigenvalue weighted by Gasteiger charge is 2.32. The molecule has 2 aromatic rings. The van der Waals surface area contributed by atoms with Crippen LogP contribution in [0.15, 0.2) is 60.2 Å². The highest BCUT2D eigenvalue weighted by Crippen LogP contribution is 2.39. The van der Waals surface area contributed by atoms with Gasteiger partial charge in [-0.05, 0) is 43.7 Å². The van der Waals surface area contributed by atoms with E-state index in [9.17, 15) is 0 Å². The van der Waals surface area contributed by atoms with E-state index in [0.717, 1.165) is 50.0 Å². The van der Waals surface area contributed by atoms with Crippen LogP contribution in [0.1, 0.15) is 25.5 Å². The van der Waals surface area contributed by atoms with Crippen LogP contribution in [0.4, 0.5) is 5.69 Å². The van der Waals surface area contributed by atoms with E-state index in [-0.39, 0.29) is 12.1 Å². The normalized spacial score (nSPS) is 19.4. The molecule has 2 unspecified atom stereocenters. The summed E-state index contributed by atoms with van der Waals surface area (Å²) in [4.78, 5) is 5.00. The molecule has 0 aromatic heterocycles. The van der Waals surface area contributed by atoms with E-state index in [4.69, 9.17) is 18.9 Å². The molecule has 2 aliphatic rings. The van der Waals surface area contributed by atoms with Gasteiger partial charge in [0, 0.05) is 19.6 Å². The van der Waals surface area contributed by atoms with E-state index in [2.05, 4.69) is 60.1 Å². The van der Waals surface area contributed by atoms with Gasteiger partial charge in [0.1, 0.15) is 18.1 Å². The van der Waals surface area contributed by atoms with Gasteiger partial charge in [-0.25, -0.2) is 0 Å². The molecule has 2 aliphatic heterocycles. The van der Waals surface area contributed by atoms with Gasteiger partial charge in [0.25, 0.3) is 0 Å². The second kappa shape index (κ2) is 11.5. The second-order valence-corrected chi connectivity index (χ2v) is 8.84. The van der Waals surface area contributed by atoms with Crippen LogP contribution in [0.2, 0.25) is 0 Å². The van der Waals surface area contributed by atoms with Crippen molar-refractivity contribution in [3.05, 3.63) is 65.7 Å². The third-order valence-corrected chi connectivity index (χ3v) is 6.34. The first-order chi connectivity index (χ1) is 16.2. The average molecular weight is 453 g/mol. The molecule has 2 heterocycles. The smallest absolute Gasteiger partial charge is 0.142 e. The Bertz CT molecular complexity index is 905. The van der Waals surface area contributed by atoms with Gasteiger partial charge in [0.05, 0.1) is 51.3 Å². The van der Waals surface area contributed by atoms with Crippen molar-refractivity contribution in [3.63, 3.8) is 0 Å². The van der Waals surface area contributed by atoms with Crippen LogP contribution < -0.4 is 14.4 Å². The molecule has 0 aliphatic carbocycles. The van der Waals surface area contributed by atoms with E-state index in [1.54, 1.807) is 7.11 Å². The summed E-state index contributed by atoms with van der Waals surface area (Å²) in [6.45, 7) is 10.4. The summed E-state index contributed by atoms with van der Waals surface area (Å²) in [6.07, 6.45) is 2.14. The number of benzene rings is 2. The lowest BCUT2D eigenvalue weighted by molar-refractivity contribution is -0.00589. The summed E-state index contributed by atoms with van der Waals surface area (Å²) in [7, 11) is 1.70. The van der Waals surface area contributed by atoms with Crippen LogP contribution in [0.25, 0.3) is 0 Å². The third kappa shape index (κ3) is 6.08. The number of nitrogens with zero attached hydrogens (tertiary/aromatic N) is 2. The van der Waals surface area contributed by atoms with Crippen LogP contribution in [0, 0.1) is 0 Å². The molecule has 0 bridgehead atoms. The van der Waals surface area contributed by atoms with Crippen molar-refractivity contribution < 1.29 is 18.9 Å². The van der Waals surface area contributed by atoms with Gasteiger partial charge in [-0.15, -0.1) is 0 Å². The first-order valence-electron chi connectivity index (χ1n) is 11.8. The number of hydrogen-bond donors (Lipinski definition) is 0. The maximum Gasteiger partial charge on any atom is 0.142 e. The number of para-hydroxylation sites is 2. The zero-order chi connectivity index (χ0) is 23.0. The van der Waals surface area contributed by atoms with E-state index in [1.165, 1.54) is 11.1 Å². The Balaban J connectivity index is 1.59. The summed E-state index contributed by atoms with van der Waals surface area (Å²) in [5.41, 5.74) is 3.63. The Kier molecular flexibility index (Phi) is 8.26. The van der Waals surface area contributed by atoms with Gasteiger partial charge in [-0.2, -0.15) is 0 Å². The zero-order valence-electron chi connectivity index (χ0n) is 20.0. The Labute approximate surface area is 197 Å². The molecule has 33 heavy (non-hydrogen) atoms. The molecule has 0 N–H and O–H groups in total. The highest BCUT2D eigenvalue weighted by atomic mass is 16.5. The topological polar surface area (TPSA) is 43.4 Å². The zero-order valence-corrected chi connectivity index (χ0v) is 20.0. The van der Waals surface area contributed by atoms with Crippen molar-refractivity contribution in [1.29, 1.82) is 0 Å². The summed E-state index contributed by atoms with van der Waals surface area (Å²) in [5.74, 6) is 1.80. The molecule has 1 saturated heterocycles. The molecule has 6 heteroatoms. The third-order valence-electron chi connectivity index (χ3n) is 6.34. The van der Waals surface area contributed by atoms with Crippen molar-refractivity contribution in [2.75, 3.05) is 64.7 Å². The van der Waals surface area contributed by atoms with Crippen LogP contribution >= 0.6 is 0 Å². The molecule has 178 valence electrons. The Morgan fingerprint density at radius 2 is 1.85 bits per heavy atom. The first-order valence-corrected chi connectivity index (χ1v) is 11.8. The fourth-order valence-corrected chi connectivity index (χ4v) is 4.44. The lowest BCUT2D eigenvalue weighted by atomic mass is 10.0. The second-order valence-electron chi connectivity index (χ2n) is 8.84. The van der Waals surface area contributed by atoms with Crippen LogP contribution in [-0.2, 0) is 9.47 Å². The van der Waals surface area contributed by atoms with Crippen molar-refractivity contribution in [2.45, 2.75) is 25.9 Å². The summed E-state index contributed by atoms with van der Waals surface area (Å²) < 4.78 is 23.3. The predicted octanol–water partition coefficient (Wildman–Crippen LogP) is 4.32. The minimum absolute atomic E-state index is 0.118. The quantitative estimate of drug-likeness (QED) is 0.417.